The highest BCUT2D eigenvalue weighted by atomic mass is 16.5. The minimum atomic E-state index is 0.633. The fourth-order valence-corrected chi connectivity index (χ4v) is 2.10. The van der Waals surface area contributed by atoms with Crippen molar-refractivity contribution in [3.63, 3.8) is 0 Å². The molecule has 0 fully saturated rings. The Morgan fingerprint density at radius 2 is 1.63 bits per heavy atom. The van der Waals surface area contributed by atoms with Crippen LogP contribution in [-0.2, 0) is 0 Å². The first-order valence-corrected chi connectivity index (χ1v) is 5.98. The van der Waals surface area contributed by atoms with Gasteiger partial charge in [0, 0.05) is 5.56 Å². The minimum absolute atomic E-state index is 0.633. The fraction of sp³-hybridized carbons (Fsp3) is 0.188. The van der Waals surface area contributed by atoms with Crippen LogP contribution in [0.4, 0.5) is 0 Å². The van der Waals surface area contributed by atoms with Gasteiger partial charge in [-0.3, -0.25) is 4.79 Å². The third kappa shape index (κ3) is 2.45. The molecule has 98 valence electrons. The van der Waals surface area contributed by atoms with E-state index in [0.717, 1.165) is 34.5 Å². The van der Waals surface area contributed by atoms with Crippen molar-refractivity contribution in [2.75, 3.05) is 14.2 Å². The van der Waals surface area contributed by atoms with Crippen LogP contribution >= 0.6 is 0 Å². The van der Waals surface area contributed by atoms with Crippen molar-refractivity contribution in [3.05, 3.63) is 47.5 Å². The first kappa shape index (κ1) is 13.1. The summed E-state index contributed by atoms with van der Waals surface area (Å²) >= 11 is 0. The zero-order chi connectivity index (χ0) is 13.8. The molecule has 0 amide bonds. The number of rotatable bonds is 4. The number of hydrogen-bond donors (Lipinski definition) is 0. The Bertz CT molecular complexity index is 581. The molecule has 0 bridgehead atoms. The van der Waals surface area contributed by atoms with Gasteiger partial charge in [-0.25, -0.2) is 0 Å². The largest absolute Gasteiger partial charge is 0.496 e. The molecule has 0 aliphatic heterocycles. The van der Waals surface area contributed by atoms with Crippen LogP contribution in [0, 0.1) is 6.92 Å². The molecule has 0 saturated carbocycles. The van der Waals surface area contributed by atoms with Gasteiger partial charge in [-0.2, -0.15) is 0 Å². The predicted octanol–water partition coefficient (Wildman–Crippen LogP) is 3.49. The van der Waals surface area contributed by atoms with Crippen LogP contribution < -0.4 is 9.47 Å². The summed E-state index contributed by atoms with van der Waals surface area (Å²) in [4.78, 5) is 10.9. The second-order valence-corrected chi connectivity index (χ2v) is 4.23. The van der Waals surface area contributed by atoms with E-state index in [1.165, 1.54) is 0 Å². The number of carbonyl (C=O) groups is 1. The number of carbonyl (C=O) groups excluding carboxylic acids is 1. The molecule has 2 rings (SSSR count). The lowest BCUT2D eigenvalue weighted by Gasteiger charge is -2.15. The molecule has 3 nitrogen and oxygen atoms in total. The molecule has 0 aliphatic carbocycles. The van der Waals surface area contributed by atoms with Crippen LogP contribution in [0.3, 0.4) is 0 Å². The first-order chi connectivity index (χ1) is 9.21. The topological polar surface area (TPSA) is 35.5 Å². The molecule has 0 N–H and O–H groups in total. The zero-order valence-corrected chi connectivity index (χ0v) is 11.3. The molecule has 0 atom stereocenters. The SMILES string of the molecule is COc1cccc(OC)c1-c1cc(C=O)ccc1C. The van der Waals surface area contributed by atoms with E-state index >= 15 is 0 Å². The van der Waals surface area contributed by atoms with Crippen LogP contribution in [0.2, 0.25) is 0 Å². The van der Waals surface area contributed by atoms with Gasteiger partial charge in [0.1, 0.15) is 17.8 Å². The van der Waals surface area contributed by atoms with E-state index in [4.69, 9.17) is 9.47 Å². The van der Waals surface area contributed by atoms with E-state index < -0.39 is 0 Å². The Balaban J connectivity index is 2.73. The van der Waals surface area contributed by atoms with Crippen molar-refractivity contribution in [2.24, 2.45) is 0 Å². The summed E-state index contributed by atoms with van der Waals surface area (Å²) in [7, 11) is 3.24. The molecule has 0 aliphatic rings. The number of benzene rings is 2. The van der Waals surface area contributed by atoms with Crippen molar-refractivity contribution >= 4 is 6.29 Å². The molecule has 0 heterocycles. The second kappa shape index (κ2) is 5.57. The van der Waals surface area contributed by atoms with E-state index in [1.807, 2.05) is 37.3 Å². The Morgan fingerprint density at radius 3 is 2.16 bits per heavy atom. The van der Waals surface area contributed by atoms with Crippen LogP contribution in [0.5, 0.6) is 11.5 Å². The van der Waals surface area contributed by atoms with Gasteiger partial charge in [0.2, 0.25) is 0 Å². The lowest BCUT2D eigenvalue weighted by atomic mass is 9.97. The smallest absolute Gasteiger partial charge is 0.150 e. The number of ether oxygens (including phenoxy) is 2. The summed E-state index contributed by atoms with van der Waals surface area (Å²) < 4.78 is 10.8. The van der Waals surface area contributed by atoms with Gasteiger partial charge in [-0.1, -0.05) is 18.2 Å². The summed E-state index contributed by atoms with van der Waals surface area (Å²) in [6.07, 6.45) is 0.838. The van der Waals surface area contributed by atoms with Crippen molar-refractivity contribution in [1.29, 1.82) is 0 Å². The molecule has 0 radical (unpaired) electrons. The second-order valence-electron chi connectivity index (χ2n) is 4.23. The first-order valence-electron chi connectivity index (χ1n) is 5.98. The molecule has 19 heavy (non-hydrogen) atoms. The number of aryl methyl sites for hydroxylation is 1. The highest BCUT2D eigenvalue weighted by molar-refractivity contribution is 5.84. The third-order valence-corrected chi connectivity index (χ3v) is 3.09. The molecule has 2 aromatic carbocycles. The lowest BCUT2D eigenvalue weighted by Crippen LogP contribution is -1.95. The van der Waals surface area contributed by atoms with Gasteiger partial charge in [-0.05, 0) is 36.2 Å². The molecule has 2 aromatic rings. The van der Waals surface area contributed by atoms with Crippen molar-refractivity contribution in [2.45, 2.75) is 6.92 Å². The normalized spacial score (nSPS) is 10.1. The fourth-order valence-electron chi connectivity index (χ4n) is 2.10. The molecular weight excluding hydrogens is 240 g/mol. The standard InChI is InChI=1S/C16H16O3/c1-11-7-8-12(10-17)9-13(11)16-14(18-2)5-4-6-15(16)19-3/h4-10H,1-3H3. The lowest BCUT2D eigenvalue weighted by molar-refractivity contribution is 0.112. The van der Waals surface area contributed by atoms with E-state index in [-0.39, 0.29) is 0 Å². The van der Waals surface area contributed by atoms with Crippen molar-refractivity contribution < 1.29 is 14.3 Å². The maximum absolute atomic E-state index is 10.9. The Hall–Kier alpha value is -2.29. The number of aldehydes is 1. The number of methoxy groups -OCH3 is 2. The summed E-state index contributed by atoms with van der Waals surface area (Å²) in [5.74, 6) is 1.45. The van der Waals surface area contributed by atoms with Gasteiger partial charge < -0.3 is 9.47 Å². The maximum atomic E-state index is 10.9. The monoisotopic (exact) mass is 256 g/mol. The van der Waals surface area contributed by atoms with E-state index in [2.05, 4.69) is 0 Å². The van der Waals surface area contributed by atoms with Crippen molar-refractivity contribution in [1.82, 2.24) is 0 Å². The predicted molar refractivity (Wildman–Crippen MR) is 75.1 cm³/mol. The molecule has 0 unspecified atom stereocenters. The van der Waals surface area contributed by atoms with E-state index in [0.29, 0.717) is 5.56 Å². The summed E-state index contributed by atoms with van der Waals surface area (Å²) in [5.41, 5.74) is 3.51. The summed E-state index contributed by atoms with van der Waals surface area (Å²) in [5, 5.41) is 0. The summed E-state index contributed by atoms with van der Waals surface area (Å²) in [6.45, 7) is 2.00. The van der Waals surface area contributed by atoms with Gasteiger partial charge in [-0.15, -0.1) is 0 Å². The van der Waals surface area contributed by atoms with Crippen LogP contribution in [0.25, 0.3) is 11.1 Å². The van der Waals surface area contributed by atoms with Gasteiger partial charge >= 0.3 is 0 Å². The number of hydrogen-bond acceptors (Lipinski definition) is 3. The maximum Gasteiger partial charge on any atom is 0.150 e. The Morgan fingerprint density at radius 1 is 1.00 bits per heavy atom. The molecular formula is C16H16O3. The highest BCUT2D eigenvalue weighted by Crippen LogP contribution is 2.39. The van der Waals surface area contributed by atoms with Gasteiger partial charge in [0.15, 0.2) is 0 Å². The average molecular weight is 256 g/mol. The Labute approximate surface area is 112 Å². The van der Waals surface area contributed by atoms with Gasteiger partial charge in [0.05, 0.1) is 19.8 Å². The van der Waals surface area contributed by atoms with Crippen LogP contribution in [0.1, 0.15) is 15.9 Å². The highest BCUT2D eigenvalue weighted by Gasteiger charge is 2.14. The van der Waals surface area contributed by atoms with Crippen molar-refractivity contribution in [3.8, 4) is 22.6 Å². The zero-order valence-electron chi connectivity index (χ0n) is 11.3. The Kier molecular flexibility index (Phi) is 3.85. The van der Waals surface area contributed by atoms with Crippen LogP contribution in [0.15, 0.2) is 36.4 Å². The molecule has 0 aromatic heterocycles. The summed E-state index contributed by atoms with van der Waals surface area (Å²) in [6, 6.07) is 11.2. The average Bonchev–Trinajstić information content (AvgIpc) is 2.47. The molecule has 0 spiro atoms. The molecule has 3 heteroatoms. The molecule has 0 saturated heterocycles. The quantitative estimate of drug-likeness (QED) is 0.785. The van der Waals surface area contributed by atoms with Crippen LogP contribution in [-0.4, -0.2) is 20.5 Å². The third-order valence-electron chi connectivity index (χ3n) is 3.09. The minimum Gasteiger partial charge on any atom is -0.496 e. The van der Waals surface area contributed by atoms with E-state index in [9.17, 15) is 4.79 Å². The van der Waals surface area contributed by atoms with Gasteiger partial charge in [0.25, 0.3) is 0 Å². The van der Waals surface area contributed by atoms with E-state index in [1.54, 1.807) is 20.3 Å².